The molecule has 0 aromatic carbocycles. The number of hydrogen-bond donors (Lipinski definition) is 2. The van der Waals surface area contributed by atoms with Crippen molar-refractivity contribution in [3.05, 3.63) is 23.3 Å². The molecule has 0 aliphatic heterocycles. The number of carbonyl (C=O) groups is 2. The van der Waals surface area contributed by atoms with Crippen LogP contribution >= 0.6 is 23.2 Å². The van der Waals surface area contributed by atoms with Crippen LogP contribution in [-0.2, 0) is 9.59 Å². The predicted octanol–water partition coefficient (Wildman–Crippen LogP) is 1.45. The van der Waals surface area contributed by atoms with Crippen LogP contribution in [0.3, 0.4) is 0 Å². The van der Waals surface area contributed by atoms with E-state index in [1.807, 2.05) is 0 Å². The van der Waals surface area contributed by atoms with Gasteiger partial charge in [0, 0.05) is 12.0 Å². The van der Waals surface area contributed by atoms with Gasteiger partial charge in [-0.3, -0.25) is 9.59 Å². The highest BCUT2D eigenvalue weighted by atomic mass is 35.5. The van der Waals surface area contributed by atoms with Crippen LogP contribution in [-0.4, -0.2) is 22.0 Å². The Morgan fingerprint density at radius 1 is 1.60 bits per heavy atom. The van der Waals surface area contributed by atoms with Crippen molar-refractivity contribution in [3.8, 4) is 0 Å². The minimum Gasteiger partial charge on any atom is -0.481 e. The van der Waals surface area contributed by atoms with Crippen LogP contribution in [0.25, 0.3) is 0 Å². The monoisotopic (exact) mass is 249 g/mol. The Kier molecular flexibility index (Phi) is 3.42. The van der Waals surface area contributed by atoms with Gasteiger partial charge in [0.15, 0.2) is 5.00 Å². The molecule has 0 radical (unpaired) electrons. The van der Waals surface area contributed by atoms with E-state index < -0.39 is 22.8 Å². The first-order valence-electron chi connectivity index (χ1n) is 4.12. The molecule has 0 spiro atoms. The maximum atomic E-state index is 10.9. The second kappa shape index (κ2) is 4.24. The summed E-state index contributed by atoms with van der Waals surface area (Å²) in [6, 6.07) is 0. The number of carboxylic acid groups (broad SMARTS) is 1. The van der Waals surface area contributed by atoms with E-state index in [4.69, 9.17) is 28.3 Å². The molecule has 4 nitrogen and oxygen atoms in total. The number of carbonyl (C=O) groups excluding carboxylic acids is 1. The van der Waals surface area contributed by atoms with Crippen molar-refractivity contribution in [2.24, 2.45) is 5.92 Å². The van der Waals surface area contributed by atoms with Gasteiger partial charge < -0.3 is 10.4 Å². The van der Waals surface area contributed by atoms with Crippen LogP contribution in [0.5, 0.6) is 0 Å². The van der Waals surface area contributed by atoms with Gasteiger partial charge in [-0.25, -0.2) is 0 Å². The molecule has 0 saturated heterocycles. The third-order valence-electron chi connectivity index (χ3n) is 1.88. The quantitative estimate of drug-likeness (QED) is 0.575. The SMILES string of the molecule is CC(=O)NC1(Cl)C=C(Cl)C=CC1C(=O)O. The number of rotatable bonds is 2. The van der Waals surface area contributed by atoms with Crippen molar-refractivity contribution < 1.29 is 14.7 Å². The molecule has 0 aromatic rings. The predicted molar refractivity (Wildman–Crippen MR) is 56.6 cm³/mol. The Bertz CT molecular complexity index is 364. The van der Waals surface area contributed by atoms with Crippen LogP contribution in [0.4, 0.5) is 0 Å². The first kappa shape index (κ1) is 12.1. The Morgan fingerprint density at radius 2 is 2.20 bits per heavy atom. The maximum Gasteiger partial charge on any atom is 0.314 e. The van der Waals surface area contributed by atoms with Gasteiger partial charge in [0.2, 0.25) is 5.91 Å². The molecule has 6 heteroatoms. The number of amides is 1. The molecule has 1 aliphatic carbocycles. The summed E-state index contributed by atoms with van der Waals surface area (Å²) in [4.78, 5) is 20.3. The standard InChI is InChI=1S/C9H9Cl2NO3/c1-5(13)12-9(11)4-6(10)2-3-7(9)8(14)15/h2-4,7H,1H3,(H,12,13)(H,14,15). The normalized spacial score (nSPS) is 29.5. The number of halogens is 2. The van der Waals surface area contributed by atoms with Crippen LogP contribution in [0.2, 0.25) is 0 Å². The van der Waals surface area contributed by atoms with E-state index in [-0.39, 0.29) is 5.03 Å². The Labute approximate surface area is 96.5 Å². The molecule has 1 rings (SSSR count). The van der Waals surface area contributed by atoms with Crippen molar-refractivity contribution in [1.82, 2.24) is 5.32 Å². The van der Waals surface area contributed by atoms with Gasteiger partial charge in [-0.05, 0) is 12.2 Å². The summed E-state index contributed by atoms with van der Waals surface area (Å²) in [6.07, 6.45) is 4.08. The molecule has 15 heavy (non-hydrogen) atoms. The molecule has 1 aliphatic rings. The van der Waals surface area contributed by atoms with Crippen molar-refractivity contribution >= 4 is 35.1 Å². The van der Waals surface area contributed by atoms with Crippen LogP contribution in [0.1, 0.15) is 6.92 Å². The van der Waals surface area contributed by atoms with Crippen molar-refractivity contribution in [2.75, 3.05) is 0 Å². The summed E-state index contributed by atoms with van der Waals surface area (Å²) in [5.74, 6) is -2.59. The number of alkyl halides is 1. The van der Waals surface area contributed by atoms with Gasteiger partial charge in [0.25, 0.3) is 0 Å². The lowest BCUT2D eigenvalue weighted by atomic mass is 9.94. The summed E-state index contributed by atoms with van der Waals surface area (Å²) in [6.45, 7) is 1.25. The molecule has 1 amide bonds. The number of aliphatic carboxylic acids is 1. The van der Waals surface area contributed by atoms with Gasteiger partial charge in [-0.1, -0.05) is 29.3 Å². The van der Waals surface area contributed by atoms with E-state index in [9.17, 15) is 9.59 Å². The molecule has 2 unspecified atom stereocenters. The lowest BCUT2D eigenvalue weighted by molar-refractivity contribution is -0.141. The Morgan fingerprint density at radius 3 is 2.67 bits per heavy atom. The molecule has 0 bridgehead atoms. The fourth-order valence-electron chi connectivity index (χ4n) is 1.31. The van der Waals surface area contributed by atoms with Crippen molar-refractivity contribution in [3.63, 3.8) is 0 Å². The van der Waals surface area contributed by atoms with Crippen molar-refractivity contribution in [2.45, 2.75) is 11.9 Å². The molecule has 82 valence electrons. The summed E-state index contributed by atoms with van der Waals surface area (Å²) in [5, 5.41) is 11.6. The molecule has 0 fully saturated rings. The van der Waals surface area contributed by atoms with Gasteiger partial charge in [0.05, 0.1) is 0 Å². The topological polar surface area (TPSA) is 66.4 Å². The van der Waals surface area contributed by atoms with Crippen LogP contribution < -0.4 is 5.32 Å². The fourth-order valence-corrected chi connectivity index (χ4v) is 2.03. The molecule has 0 aromatic heterocycles. The zero-order valence-corrected chi connectivity index (χ0v) is 9.34. The van der Waals surface area contributed by atoms with Crippen molar-refractivity contribution in [1.29, 1.82) is 0 Å². The Balaban J connectivity index is 3.04. The lowest BCUT2D eigenvalue weighted by Gasteiger charge is -2.31. The number of nitrogens with one attached hydrogen (secondary N) is 1. The number of hydrogen-bond acceptors (Lipinski definition) is 2. The van der Waals surface area contributed by atoms with Crippen LogP contribution in [0, 0.1) is 5.92 Å². The largest absolute Gasteiger partial charge is 0.481 e. The number of carboxylic acids is 1. The Hall–Kier alpha value is -1.00. The van der Waals surface area contributed by atoms with Gasteiger partial charge in [0.1, 0.15) is 5.92 Å². The first-order valence-corrected chi connectivity index (χ1v) is 4.88. The average molecular weight is 250 g/mol. The van der Waals surface area contributed by atoms with E-state index in [1.54, 1.807) is 0 Å². The van der Waals surface area contributed by atoms with Gasteiger partial charge in [-0.2, -0.15) is 0 Å². The zero-order chi connectivity index (χ0) is 11.6. The molecule has 0 saturated carbocycles. The summed E-state index contributed by atoms with van der Waals surface area (Å²) >= 11 is 11.7. The van der Waals surface area contributed by atoms with Crippen LogP contribution in [0.15, 0.2) is 23.3 Å². The second-order valence-corrected chi connectivity index (χ2v) is 4.22. The third kappa shape index (κ3) is 2.73. The lowest BCUT2D eigenvalue weighted by Crippen LogP contribution is -2.50. The first-order chi connectivity index (χ1) is 6.85. The molecular formula is C9H9Cl2NO3. The van der Waals surface area contributed by atoms with E-state index in [0.29, 0.717) is 0 Å². The maximum absolute atomic E-state index is 10.9. The van der Waals surface area contributed by atoms with E-state index >= 15 is 0 Å². The highest BCUT2D eigenvalue weighted by Crippen LogP contribution is 2.32. The third-order valence-corrected chi connectivity index (χ3v) is 2.56. The molecular weight excluding hydrogens is 241 g/mol. The molecule has 2 atom stereocenters. The molecule has 0 heterocycles. The van der Waals surface area contributed by atoms with E-state index in [1.165, 1.54) is 25.2 Å². The van der Waals surface area contributed by atoms with Gasteiger partial charge in [-0.15, -0.1) is 0 Å². The number of allylic oxidation sites excluding steroid dienone is 2. The van der Waals surface area contributed by atoms with E-state index in [2.05, 4.69) is 5.32 Å². The van der Waals surface area contributed by atoms with Gasteiger partial charge >= 0.3 is 5.97 Å². The zero-order valence-electron chi connectivity index (χ0n) is 7.83. The highest BCUT2D eigenvalue weighted by molar-refractivity contribution is 6.34. The smallest absolute Gasteiger partial charge is 0.314 e. The average Bonchev–Trinajstić information content (AvgIpc) is 1.99. The highest BCUT2D eigenvalue weighted by Gasteiger charge is 2.41. The van der Waals surface area contributed by atoms with E-state index in [0.717, 1.165) is 0 Å². The minimum absolute atomic E-state index is 0.288. The second-order valence-electron chi connectivity index (χ2n) is 3.15. The summed E-state index contributed by atoms with van der Waals surface area (Å²) in [7, 11) is 0. The summed E-state index contributed by atoms with van der Waals surface area (Å²) in [5.41, 5.74) is 0. The molecule has 2 N–H and O–H groups in total. The minimum atomic E-state index is -1.50. The fraction of sp³-hybridized carbons (Fsp3) is 0.333. The summed E-state index contributed by atoms with van der Waals surface area (Å²) < 4.78 is 0.